The SMILES string of the molecule is Cc1cc(OCCI)cc(OS(=O)(=O)c2ccccc2Cl)c1. The summed E-state index contributed by atoms with van der Waals surface area (Å²) in [7, 11) is -3.99. The highest BCUT2D eigenvalue weighted by molar-refractivity contribution is 14.1. The molecule has 0 fully saturated rings. The second-order valence-electron chi connectivity index (χ2n) is 4.49. The van der Waals surface area contributed by atoms with Crippen LogP contribution in [0.15, 0.2) is 47.4 Å². The Bertz CT molecular complexity index is 762. The normalized spacial score (nSPS) is 11.2. The summed E-state index contributed by atoms with van der Waals surface area (Å²) >= 11 is 8.12. The van der Waals surface area contributed by atoms with Gasteiger partial charge in [0.2, 0.25) is 0 Å². The van der Waals surface area contributed by atoms with Crippen LogP contribution in [-0.4, -0.2) is 19.5 Å². The average molecular weight is 453 g/mol. The second kappa shape index (κ2) is 7.52. The number of rotatable bonds is 6. The maximum absolute atomic E-state index is 12.3. The number of aryl methyl sites for hydroxylation is 1. The van der Waals surface area contributed by atoms with Crippen LogP contribution >= 0.6 is 34.2 Å². The predicted octanol–water partition coefficient (Wildman–Crippen LogP) is 4.23. The first-order valence-corrected chi connectivity index (χ1v) is 9.73. The topological polar surface area (TPSA) is 52.6 Å². The molecule has 2 rings (SSSR count). The summed E-state index contributed by atoms with van der Waals surface area (Å²) in [6.07, 6.45) is 0. The third-order valence-corrected chi connectivity index (χ3v) is 4.87. The average Bonchev–Trinajstić information content (AvgIpc) is 2.44. The van der Waals surface area contributed by atoms with E-state index in [1.54, 1.807) is 24.3 Å². The van der Waals surface area contributed by atoms with Crippen molar-refractivity contribution >= 4 is 44.3 Å². The second-order valence-corrected chi connectivity index (χ2v) is 7.49. The number of ether oxygens (including phenoxy) is 1. The van der Waals surface area contributed by atoms with Crippen molar-refractivity contribution < 1.29 is 17.3 Å². The number of hydrogen-bond donors (Lipinski definition) is 0. The van der Waals surface area contributed by atoms with Crippen LogP contribution in [-0.2, 0) is 10.1 Å². The molecule has 0 atom stereocenters. The molecular formula is C15H14ClIO4S. The van der Waals surface area contributed by atoms with Gasteiger partial charge in [0.1, 0.15) is 16.4 Å². The Labute approximate surface area is 148 Å². The molecule has 0 bridgehead atoms. The molecule has 2 aromatic carbocycles. The van der Waals surface area contributed by atoms with Crippen molar-refractivity contribution in [3.63, 3.8) is 0 Å². The van der Waals surface area contributed by atoms with Gasteiger partial charge in [-0.1, -0.05) is 46.3 Å². The maximum atomic E-state index is 12.3. The Morgan fingerprint density at radius 2 is 1.82 bits per heavy atom. The van der Waals surface area contributed by atoms with Gasteiger partial charge in [-0.25, -0.2) is 0 Å². The van der Waals surface area contributed by atoms with Crippen molar-refractivity contribution in [3.05, 3.63) is 53.1 Å². The van der Waals surface area contributed by atoms with E-state index in [1.807, 2.05) is 13.0 Å². The molecule has 2 aromatic rings. The van der Waals surface area contributed by atoms with Gasteiger partial charge in [-0.15, -0.1) is 0 Å². The van der Waals surface area contributed by atoms with E-state index in [1.165, 1.54) is 12.1 Å². The fourth-order valence-electron chi connectivity index (χ4n) is 1.82. The van der Waals surface area contributed by atoms with Gasteiger partial charge >= 0.3 is 10.1 Å². The Morgan fingerprint density at radius 3 is 2.50 bits per heavy atom. The van der Waals surface area contributed by atoms with E-state index in [-0.39, 0.29) is 15.7 Å². The van der Waals surface area contributed by atoms with Gasteiger partial charge in [-0.3, -0.25) is 0 Å². The van der Waals surface area contributed by atoms with Gasteiger partial charge in [0, 0.05) is 10.5 Å². The van der Waals surface area contributed by atoms with Crippen molar-refractivity contribution in [2.24, 2.45) is 0 Å². The van der Waals surface area contributed by atoms with E-state index >= 15 is 0 Å². The van der Waals surface area contributed by atoms with E-state index in [2.05, 4.69) is 22.6 Å². The highest BCUT2D eigenvalue weighted by atomic mass is 127. The monoisotopic (exact) mass is 452 g/mol. The zero-order chi connectivity index (χ0) is 16.2. The van der Waals surface area contributed by atoms with Crippen molar-refractivity contribution in [1.29, 1.82) is 0 Å². The number of hydrogen-bond acceptors (Lipinski definition) is 4. The molecule has 118 valence electrons. The molecule has 0 aliphatic carbocycles. The summed E-state index contributed by atoms with van der Waals surface area (Å²) in [6, 6.07) is 11.2. The maximum Gasteiger partial charge on any atom is 0.340 e. The molecule has 4 nitrogen and oxygen atoms in total. The van der Waals surface area contributed by atoms with Gasteiger partial charge in [-0.05, 0) is 36.8 Å². The van der Waals surface area contributed by atoms with E-state index in [0.29, 0.717) is 12.4 Å². The fraction of sp³-hybridized carbons (Fsp3) is 0.200. The van der Waals surface area contributed by atoms with Gasteiger partial charge in [0.05, 0.1) is 11.6 Å². The van der Waals surface area contributed by atoms with Crippen molar-refractivity contribution in [1.82, 2.24) is 0 Å². The van der Waals surface area contributed by atoms with E-state index in [9.17, 15) is 8.42 Å². The first-order valence-electron chi connectivity index (χ1n) is 6.42. The van der Waals surface area contributed by atoms with E-state index in [4.69, 9.17) is 20.5 Å². The molecule has 22 heavy (non-hydrogen) atoms. The lowest BCUT2D eigenvalue weighted by molar-refractivity contribution is 0.345. The van der Waals surface area contributed by atoms with Gasteiger partial charge in [0.15, 0.2) is 0 Å². The van der Waals surface area contributed by atoms with Crippen LogP contribution in [0.3, 0.4) is 0 Å². The summed E-state index contributed by atoms with van der Waals surface area (Å²) in [5, 5.41) is 0.122. The third-order valence-electron chi connectivity index (χ3n) is 2.68. The summed E-state index contributed by atoms with van der Waals surface area (Å²) < 4.78 is 36.1. The van der Waals surface area contributed by atoms with Gasteiger partial charge in [0.25, 0.3) is 0 Å². The molecule has 7 heteroatoms. The molecule has 0 aromatic heterocycles. The van der Waals surface area contributed by atoms with Crippen molar-refractivity contribution in [3.8, 4) is 11.5 Å². The smallest absolute Gasteiger partial charge is 0.340 e. The summed E-state index contributed by atoms with van der Waals surface area (Å²) in [5.41, 5.74) is 0.843. The fourth-order valence-corrected chi connectivity index (χ4v) is 3.45. The Hall–Kier alpha value is -0.990. The molecule has 0 saturated heterocycles. The highest BCUT2D eigenvalue weighted by Gasteiger charge is 2.20. The third kappa shape index (κ3) is 4.50. The highest BCUT2D eigenvalue weighted by Crippen LogP contribution is 2.28. The summed E-state index contributed by atoms with van der Waals surface area (Å²) in [6.45, 7) is 2.38. The van der Waals surface area contributed by atoms with E-state index < -0.39 is 10.1 Å². The molecule has 0 saturated carbocycles. The quantitative estimate of drug-likeness (QED) is 0.374. The summed E-state index contributed by atoms with van der Waals surface area (Å²) in [4.78, 5) is -0.0621. The van der Waals surface area contributed by atoms with Crippen LogP contribution < -0.4 is 8.92 Å². The molecule has 0 radical (unpaired) electrons. The van der Waals surface area contributed by atoms with Crippen LogP contribution in [0.1, 0.15) is 5.56 Å². The molecule has 0 spiro atoms. The Kier molecular flexibility index (Phi) is 5.94. The molecule has 0 N–H and O–H groups in total. The molecule has 0 aliphatic rings. The van der Waals surface area contributed by atoms with Crippen molar-refractivity contribution in [2.75, 3.05) is 11.0 Å². The molecule has 0 amide bonds. The van der Waals surface area contributed by atoms with Gasteiger partial charge < -0.3 is 8.92 Å². The summed E-state index contributed by atoms with van der Waals surface area (Å²) in [5.74, 6) is 0.768. The lowest BCUT2D eigenvalue weighted by atomic mass is 10.2. The van der Waals surface area contributed by atoms with E-state index in [0.717, 1.165) is 9.99 Å². The Balaban J connectivity index is 2.30. The minimum absolute atomic E-state index is 0.0621. The molecule has 0 aliphatic heterocycles. The number of benzene rings is 2. The minimum atomic E-state index is -3.99. The molecule has 0 heterocycles. The molecular weight excluding hydrogens is 439 g/mol. The first-order chi connectivity index (χ1) is 10.4. The largest absolute Gasteiger partial charge is 0.493 e. The van der Waals surface area contributed by atoms with Crippen LogP contribution in [0, 0.1) is 6.92 Å². The van der Waals surface area contributed by atoms with Crippen LogP contribution in [0.2, 0.25) is 5.02 Å². The minimum Gasteiger partial charge on any atom is -0.493 e. The molecule has 0 unspecified atom stereocenters. The van der Waals surface area contributed by atoms with Crippen LogP contribution in [0.5, 0.6) is 11.5 Å². The zero-order valence-electron chi connectivity index (χ0n) is 11.8. The number of alkyl halides is 1. The standard InChI is InChI=1S/C15H14ClIO4S/c1-11-8-12(20-7-6-17)10-13(9-11)21-22(18,19)15-5-3-2-4-14(15)16/h2-5,8-10H,6-7H2,1H3. The predicted molar refractivity (Wildman–Crippen MR) is 94.8 cm³/mol. The zero-order valence-corrected chi connectivity index (χ0v) is 15.5. The van der Waals surface area contributed by atoms with Crippen LogP contribution in [0.4, 0.5) is 0 Å². The van der Waals surface area contributed by atoms with Crippen molar-refractivity contribution in [2.45, 2.75) is 11.8 Å². The Morgan fingerprint density at radius 1 is 1.14 bits per heavy atom. The first kappa shape index (κ1) is 17.4. The van der Waals surface area contributed by atoms with Crippen LogP contribution in [0.25, 0.3) is 0 Å². The lowest BCUT2D eigenvalue weighted by Crippen LogP contribution is -2.10. The number of halogens is 2. The lowest BCUT2D eigenvalue weighted by Gasteiger charge is -2.11. The van der Waals surface area contributed by atoms with Gasteiger partial charge in [-0.2, -0.15) is 8.42 Å².